The molecule has 1 aromatic heterocycles. The van der Waals surface area contributed by atoms with Crippen LogP contribution in [0.2, 0.25) is 0 Å². The molecular weight excluding hydrogens is 361 g/mol. The quantitative estimate of drug-likeness (QED) is 0.830. The molecule has 1 aliphatic carbocycles. The van der Waals surface area contributed by atoms with E-state index in [1.807, 2.05) is 0 Å². The highest BCUT2D eigenvalue weighted by Gasteiger charge is 2.32. The molecule has 26 heavy (non-hydrogen) atoms. The minimum absolute atomic E-state index is 0.188. The van der Waals surface area contributed by atoms with E-state index in [2.05, 4.69) is 9.71 Å². The van der Waals surface area contributed by atoms with Gasteiger partial charge in [0, 0.05) is 17.8 Å². The Labute approximate surface area is 151 Å². The number of ether oxygens (including phenoxy) is 1. The lowest BCUT2D eigenvalue weighted by Gasteiger charge is -2.18. The van der Waals surface area contributed by atoms with E-state index in [9.17, 15) is 14.1 Å². The van der Waals surface area contributed by atoms with Crippen molar-refractivity contribution in [2.24, 2.45) is 5.92 Å². The molecule has 1 saturated carbocycles. The molecule has 1 saturated heterocycles. The first kappa shape index (κ1) is 16.8. The third-order valence-electron chi connectivity index (χ3n) is 4.24. The molecule has 0 bridgehead atoms. The molecule has 2 heterocycles. The molecule has 0 radical (unpaired) electrons. The largest absolute Gasteiger partial charge is 0.506 e. The van der Waals surface area contributed by atoms with Crippen molar-refractivity contribution in [3.63, 3.8) is 0 Å². The van der Waals surface area contributed by atoms with Crippen LogP contribution in [0.4, 0.5) is 10.1 Å². The van der Waals surface area contributed by atoms with Gasteiger partial charge in [-0.15, -0.1) is 0 Å². The Morgan fingerprint density at radius 1 is 1.38 bits per heavy atom. The lowest BCUT2D eigenvalue weighted by molar-refractivity contribution is -0.117. The maximum absolute atomic E-state index is 15.1. The number of benzene rings is 1. The Morgan fingerprint density at radius 2 is 2.19 bits per heavy atom. The molecule has 4 rings (SSSR count). The summed E-state index contributed by atoms with van der Waals surface area (Å²) < 4.78 is 35.8. The second-order valence-corrected chi connectivity index (χ2v) is 7.39. The van der Waals surface area contributed by atoms with Crippen LogP contribution < -0.4 is 13.8 Å². The molecule has 2 N–H and O–H groups in total. The summed E-state index contributed by atoms with van der Waals surface area (Å²) in [7, 11) is 0. The fourth-order valence-electron chi connectivity index (χ4n) is 2.69. The smallest absolute Gasteiger partial charge is 0.253 e. The summed E-state index contributed by atoms with van der Waals surface area (Å²) in [6, 6.07) is 5.96. The summed E-state index contributed by atoms with van der Waals surface area (Å²) in [5, 5.41) is 10.0. The van der Waals surface area contributed by atoms with Gasteiger partial charge in [0.05, 0.1) is 6.61 Å². The third kappa shape index (κ3) is 3.22. The van der Waals surface area contributed by atoms with Crippen molar-refractivity contribution in [3.05, 3.63) is 36.3 Å². The predicted octanol–water partition coefficient (Wildman–Crippen LogP) is 1.90. The van der Waals surface area contributed by atoms with Crippen LogP contribution in [0, 0.1) is 11.7 Å². The highest BCUT2D eigenvalue weighted by atomic mass is 32.2. The first-order valence-electron chi connectivity index (χ1n) is 8.12. The van der Waals surface area contributed by atoms with E-state index in [4.69, 9.17) is 4.74 Å². The van der Waals surface area contributed by atoms with Crippen molar-refractivity contribution in [2.45, 2.75) is 12.8 Å². The van der Waals surface area contributed by atoms with Gasteiger partial charge in [-0.05, 0) is 42.5 Å². The Balaban J connectivity index is 1.69. The molecule has 7 nitrogen and oxygen atoms in total. The van der Waals surface area contributed by atoms with Crippen LogP contribution in [0.3, 0.4) is 0 Å². The van der Waals surface area contributed by atoms with Gasteiger partial charge >= 0.3 is 0 Å². The Kier molecular flexibility index (Phi) is 4.23. The molecule has 2 fully saturated rings. The van der Waals surface area contributed by atoms with Crippen molar-refractivity contribution < 1.29 is 23.2 Å². The summed E-state index contributed by atoms with van der Waals surface area (Å²) in [5.41, 5.74) is 0.415. The van der Waals surface area contributed by atoms with Crippen LogP contribution in [0.15, 0.2) is 30.5 Å². The van der Waals surface area contributed by atoms with Crippen LogP contribution in [0.1, 0.15) is 12.8 Å². The van der Waals surface area contributed by atoms with Crippen LogP contribution in [0.25, 0.3) is 11.1 Å². The normalized spacial score (nSPS) is 19.5. The summed E-state index contributed by atoms with van der Waals surface area (Å²) in [4.78, 5) is 15.5. The van der Waals surface area contributed by atoms with Gasteiger partial charge in [-0.3, -0.25) is 13.8 Å². The van der Waals surface area contributed by atoms with E-state index in [0.717, 1.165) is 17.1 Å². The summed E-state index contributed by atoms with van der Waals surface area (Å²) in [6.45, 7) is 0.285. The summed E-state index contributed by atoms with van der Waals surface area (Å²) in [6.07, 6.45) is 3.81. The van der Waals surface area contributed by atoms with Crippen molar-refractivity contribution in [2.75, 3.05) is 17.5 Å². The average molecular weight is 377 g/mol. The summed E-state index contributed by atoms with van der Waals surface area (Å²) in [5.74, 6) is -0.713. The van der Waals surface area contributed by atoms with Gasteiger partial charge < -0.3 is 9.84 Å². The highest BCUT2D eigenvalue weighted by molar-refractivity contribution is 7.85. The Morgan fingerprint density at radius 3 is 2.88 bits per heavy atom. The van der Waals surface area contributed by atoms with Crippen molar-refractivity contribution in [3.8, 4) is 22.8 Å². The number of halogens is 1. The topological polar surface area (TPSA) is 91.8 Å². The number of carbonyl (C=O) groups excluding carboxylic acids is 1. The zero-order valence-corrected chi connectivity index (χ0v) is 14.5. The number of phenolic OH excluding ortho intramolecular Hbond substituents is 1. The minimum atomic E-state index is -1.94. The van der Waals surface area contributed by atoms with E-state index in [0.29, 0.717) is 24.0 Å². The Bertz CT molecular complexity index is 904. The molecule has 1 amide bonds. The third-order valence-corrected chi connectivity index (χ3v) is 5.36. The van der Waals surface area contributed by atoms with E-state index in [-0.39, 0.29) is 17.8 Å². The molecule has 0 spiro atoms. The van der Waals surface area contributed by atoms with Gasteiger partial charge in [0.15, 0.2) is 5.82 Å². The van der Waals surface area contributed by atoms with Crippen LogP contribution in [-0.4, -0.2) is 33.4 Å². The van der Waals surface area contributed by atoms with Crippen LogP contribution in [0.5, 0.6) is 11.6 Å². The van der Waals surface area contributed by atoms with Gasteiger partial charge in [0.25, 0.3) is 5.91 Å². The number of anilines is 1. The van der Waals surface area contributed by atoms with Gasteiger partial charge in [-0.2, -0.15) is 0 Å². The number of hydrogen-bond donors (Lipinski definition) is 2. The number of aromatic hydroxyl groups is 1. The molecule has 1 aliphatic heterocycles. The zero-order chi connectivity index (χ0) is 18.3. The van der Waals surface area contributed by atoms with E-state index in [1.165, 1.54) is 18.3 Å². The van der Waals surface area contributed by atoms with E-state index >= 15 is 4.39 Å². The molecule has 2 aliphatic rings. The highest BCUT2D eigenvalue weighted by Crippen LogP contribution is 2.38. The average Bonchev–Trinajstić information content (AvgIpc) is 3.38. The first-order valence-corrected chi connectivity index (χ1v) is 9.23. The molecule has 1 aromatic carbocycles. The lowest BCUT2D eigenvalue weighted by atomic mass is 10.0. The fourth-order valence-corrected chi connectivity index (χ4v) is 3.64. The SMILES string of the molecule is O=C1CN(c2c(O)ccc(-c3ccnc(OCC4CC4)c3)c2F)S(=O)N1. The second kappa shape index (κ2) is 6.56. The lowest BCUT2D eigenvalue weighted by Crippen LogP contribution is -2.23. The number of nitrogens with one attached hydrogen (secondary N) is 1. The van der Waals surface area contributed by atoms with E-state index < -0.39 is 28.6 Å². The van der Waals surface area contributed by atoms with Crippen LogP contribution >= 0.6 is 0 Å². The van der Waals surface area contributed by atoms with Gasteiger partial charge in [0.1, 0.15) is 18.0 Å². The predicted molar refractivity (Wildman–Crippen MR) is 93.1 cm³/mol. The maximum atomic E-state index is 15.1. The monoisotopic (exact) mass is 377 g/mol. The zero-order valence-electron chi connectivity index (χ0n) is 13.6. The maximum Gasteiger partial charge on any atom is 0.253 e. The number of aromatic nitrogens is 1. The molecule has 9 heteroatoms. The molecule has 1 unspecified atom stereocenters. The second-order valence-electron chi connectivity index (χ2n) is 6.24. The number of amides is 1. The van der Waals surface area contributed by atoms with Crippen molar-refractivity contribution in [1.82, 2.24) is 9.71 Å². The number of rotatable bonds is 5. The standard InChI is InChI=1S/C17H16FN3O4S/c18-16-12(11-5-6-19-15(7-11)25-9-10-1-2-10)3-4-13(22)17(16)21-8-14(23)20-26(21)24/h3-7,10,22H,1-2,8-9H2,(H,20,23). The number of pyridine rings is 1. The van der Waals surface area contributed by atoms with Crippen molar-refractivity contribution in [1.29, 1.82) is 0 Å². The molecular formula is C17H16FN3O4S. The first-order chi connectivity index (χ1) is 12.5. The number of phenols is 1. The Hall–Kier alpha value is -2.68. The van der Waals surface area contributed by atoms with E-state index in [1.54, 1.807) is 12.1 Å². The molecule has 2 aromatic rings. The van der Waals surface area contributed by atoms with Gasteiger partial charge in [-0.25, -0.2) is 13.6 Å². The fraction of sp³-hybridized carbons (Fsp3) is 0.294. The van der Waals surface area contributed by atoms with Crippen LogP contribution in [-0.2, 0) is 16.0 Å². The molecule has 1 atom stereocenters. The number of hydrogen-bond acceptors (Lipinski definition) is 5. The van der Waals surface area contributed by atoms with Gasteiger partial charge in [0.2, 0.25) is 17.1 Å². The minimum Gasteiger partial charge on any atom is -0.506 e. The number of nitrogens with zero attached hydrogens (tertiary/aromatic N) is 2. The number of carbonyl (C=O) groups is 1. The molecule has 136 valence electrons. The van der Waals surface area contributed by atoms with Gasteiger partial charge in [-0.1, -0.05) is 0 Å². The summed E-state index contributed by atoms with van der Waals surface area (Å²) >= 11 is -1.94. The van der Waals surface area contributed by atoms with Crippen molar-refractivity contribution >= 4 is 22.8 Å².